The van der Waals surface area contributed by atoms with Gasteiger partial charge in [0.15, 0.2) is 0 Å². The van der Waals surface area contributed by atoms with Gasteiger partial charge in [-0.05, 0) is 38.1 Å². The lowest BCUT2D eigenvalue weighted by atomic mass is 9.93. The first-order valence-electron chi connectivity index (χ1n) is 6.24. The minimum absolute atomic E-state index is 0.382. The molecule has 1 heterocycles. The lowest BCUT2D eigenvalue weighted by Gasteiger charge is -2.31. The summed E-state index contributed by atoms with van der Waals surface area (Å²) in [5.74, 6) is 0.324. The number of carbonyl (C=O) groups excluding carboxylic acids is 1. The summed E-state index contributed by atoms with van der Waals surface area (Å²) >= 11 is 5.34. The number of benzene rings is 1. The Hall–Kier alpha value is -1.88. The Kier molecular flexibility index (Phi) is 3.81. The molecule has 20 heavy (non-hydrogen) atoms. The molecule has 0 saturated carbocycles. The summed E-state index contributed by atoms with van der Waals surface area (Å²) in [6.07, 6.45) is 1.95. The summed E-state index contributed by atoms with van der Waals surface area (Å²) < 4.78 is 10.6. The van der Waals surface area contributed by atoms with Crippen LogP contribution in [0.4, 0.5) is 0 Å². The number of hydrogen-bond acceptors (Lipinski definition) is 4. The van der Waals surface area contributed by atoms with Crippen molar-refractivity contribution < 1.29 is 14.3 Å². The topological polar surface area (TPSA) is 47.6 Å². The molecule has 0 amide bonds. The largest absolute Gasteiger partial charge is 0.483 e. The van der Waals surface area contributed by atoms with Crippen molar-refractivity contribution in [2.45, 2.75) is 19.4 Å². The molecule has 0 fully saturated rings. The highest BCUT2D eigenvalue weighted by atomic mass is 32.1. The molecule has 0 atom stereocenters. The molecule has 4 nitrogen and oxygen atoms in total. The molecule has 0 bridgehead atoms. The van der Waals surface area contributed by atoms with Crippen molar-refractivity contribution >= 4 is 28.7 Å². The quantitative estimate of drug-likeness (QED) is 0.670. The zero-order valence-corrected chi connectivity index (χ0v) is 12.8. The van der Waals surface area contributed by atoms with Crippen molar-refractivity contribution in [3.63, 3.8) is 0 Å². The predicted octanol–water partition coefficient (Wildman–Crippen LogP) is 2.57. The summed E-state index contributed by atoms with van der Waals surface area (Å²) in [4.78, 5) is 12.3. The van der Waals surface area contributed by atoms with Gasteiger partial charge in [0.2, 0.25) is 0 Å². The molecular formula is C15H17NO3S. The van der Waals surface area contributed by atoms with Gasteiger partial charge in [0.05, 0.1) is 12.7 Å². The van der Waals surface area contributed by atoms with Crippen LogP contribution in [0, 0.1) is 0 Å². The molecular weight excluding hydrogens is 274 g/mol. The van der Waals surface area contributed by atoms with Gasteiger partial charge in [0.25, 0.3) is 0 Å². The summed E-state index contributed by atoms with van der Waals surface area (Å²) in [5, 5.41) is 2.97. The van der Waals surface area contributed by atoms with Gasteiger partial charge in [-0.15, -0.1) is 0 Å². The van der Waals surface area contributed by atoms with Crippen molar-refractivity contribution in [2.24, 2.45) is 0 Å². The zero-order valence-electron chi connectivity index (χ0n) is 11.9. The maximum absolute atomic E-state index is 11.6. The second kappa shape index (κ2) is 5.25. The number of carbonyl (C=O) groups is 1. The molecule has 0 spiro atoms. The second-order valence-corrected chi connectivity index (χ2v) is 5.45. The van der Waals surface area contributed by atoms with E-state index in [2.05, 4.69) is 5.32 Å². The molecule has 0 radical (unpaired) electrons. The van der Waals surface area contributed by atoms with E-state index < -0.39 is 5.60 Å². The van der Waals surface area contributed by atoms with Gasteiger partial charge in [-0.2, -0.15) is 0 Å². The van der Waals surface area contributed by atoms with Crippen molar-refractivity contribution in [3.05, 3.63) is 35.4 Å². The Balaban J connectivity index is 2.57. The Morgan fingerprint density at radius 3 is 2.70 bits per heavy atom. The number of ether oxygens (including phenoxy) is 2. The molecule has 106 valence electrons. The first-order chi connectivity index (χ1) is 9.38. The Labute approximate surface area is 123 Å². The number of rotatable bonds is 2. The first-order valence-corrected chi connectivity index (χ1v) is 6.65. The lowest BCUT2D eigenvalue weighted by Crippen LogP contribution is -2.32. The predicted molar refractivity (Wildman–Crippen MR) is 82.1 cm³/mol. The number of methoxy groups -OCH3 is 1. The van der Waals surface area contributed by atoms with Crippen molar-refractivity contribution in [1.82, 2.24) is 5.32 Å². The van der Waals surface area contributed by atoms with Crippen LogP contribution in [0.25, 0.3) is 5.57 Å². The van der Waals surface area contributed by atoms with E-state index in [1.165, 1.54) is 7.11 Å². The SMILES string of the molecule is CNC(=S)C1=CC(C)(C)Oc2ccc(C(=O)OC)cc21. The Morgan fingerprint density at radius 2 is 2.10 bits per heavy atom. The van der Waals surface area contributed by atoms with Crippen LogP contribution in [0.3, 0.4) is 0 Å². The maximum atomic E-state index is 11.6. The van der Waals surface area contributed by atoms with Crippen LogP contribution in [-0.2, 0) is 4.74 Å². The smallest absolute Gasteiger partial charge is 0.337 e. The van der Waals surface area contributed by atoms with E-state index in [0.29, 0.717) is 16.3 Å². The van der Waals surface area contributed by atoms with E-state index in [9.17, 15) is 4.79 Å². The second-order valence-electron chi connectivity index (χ2n) is 5.05. The number of nitrogens with one attached hydrogen (secondary N) is 1. The van der Waals surface area contributed by atoms with Crippen LogP contribution in [0.1, 0.15) is 29.8 Å². The molecule has 0 saturated heterocycles. The first kappa shape index (κ1) is 14.5. The third-order valence-corrected chi connectivity index (χ3v) is 3.45. The fraction of sp³-hybridized carbons (Fsp3) is 0.333. The van der Waals surface area contributed by atoms with Crippen molar-refractivity contribution in [1.29, 1.82) is 0 Å². The summed E-state index contributed by atoms with van der Waals surface area (Å²) in [5.41, 5.74) is 1.68. The van der Waals surface area contributed by atoms with E-state index in [-0.39, 0.29) is 5.97 Å². The molecule has 0 aromatic heterocycles. The minimum Gasteiger partial charge on any atom is -0.483 e. The van der Waals surface area contributed by atoms with E-state index in [4.69, 9.17) is 21.7 Å². The van der Waals surface area contributed by atoms with Crippen LogP contribution in [-0.4, -0.2) is 30.7 Å². The Bertz CT molecular complexity index is 605. The zero-order chi connectivity index (χ0) is 14.9. The van der Waals surface area contributed by atoms with E-state index >= 15 is 0 Å². The molecule has 1 aliphatic heterocycles. The number of hydrogen-bond donors (Lipinski definition) is 1. The van der Waals surface area contributed by atoms with Crippen LogP contribution in [0.15, 0.2) is 24.3 Å². The summed E-state index contributed by atoms with van der Waals surface area (Å²) in [7, 11) is 3.13. The van der Waals surface area contributed by atoms with Gasteiger partial charge < -0.3 is 14.8 Å². The van der Waals surface area contributed by atoms with E-state index in [0.717, 1.165) is 11.1 Å². The van der Waals surface area contributed by atoms with Gasteiger partial charge in [-0.25, -0.2) is 4.79 Å². The average Bonchev–Trinajstić information content (AvgIpc) is 2.43. The van der Waals surface area contributed by atoms with E-state index in [1.54, 1.807) is 25.2 Å². The monoisotopic (exact) mass is 291 g/mol. The highest BCUT2D eigenvalue weighted by Gasteiger charge is 2.28. The number of likely N-dealkylation sites (N-methyl/N-ethyl adjacent to an activating group) is 1. The third-order valence-electron chi connectivity index (χ3n) is 3.03. The van der Waals surface area contributed by atoms with Gasteiger partial charge in [0.1, 0.15) is 16.3 Å². The van der Waals surface area contributed by atoms with Gasteiger partial charge in [0, 0.05) is 18.2 Å². The van der Waals surface area contributed by atoms with E-state index in [1.807, 2.05) is 19.9 Å². The molecule has 1 aromatic rings. The van der Waals surface area contributed by atoms with Crippen LogP contribution in [0.5, 0.6) is 5.75 Å². The molecule has 1 aromatic carbocycles. The molecule has 1 N–H and O–H groups in total. The number of thiocarbonyl (C=S) groups is 1. The maximum Gasteiger partial charge on any atom is 0.337 e. The number of fused-ring (bicyclic) bond motifs is 1. The third kappa shape index (κ3) is 2.67. The molecule has 0 aliphatic carbocycles. The molecule has 5 heteroatoms. The summed E-state index contributed by atoms with van der Waals surface area (Å²) in [6, 6.07) is 5.20. The molecule has 1 aliphatic rings. The van der Waals surface area contributed by atoms with Crippen molar-refractivity contribution in [3.8, 4) is 5.75 Å². The van der Waals surface area contributed by atoms with Crippen LogP contribution < -0.4 is 10.1 Å². The summed E-state index contributed by atoms with van der Waals surface area (Å²) in [6.45, 7) is 3.92. The highest BCUT2D eigenvalue weighted by molar-refractivity contribution is 7.81. The van der Waals surface area contributed by atoms with Crippen LogP contribution in [0.2, 0.25) is 0 Å². The highest BCUT2D eigenvalue weighted by Crippen LogP contribution is 2.37. The average molecular weight is 291 g/mol. The number of esters is 1. The van der Waals surface area contributed by atoms with Crippen LogP contribution >= 0.6 is 12.2 Å². The van der Waals surface area contributed by atoms with Gasteiger partial charge >= 0.3 is 5.97 Å². The molecule has 2 rings (SSSR count). The normalized spacial score (nSPS) is 15.5. The minimum atomic E-state index is -0.448. The van der Waals surface area contributed by atoms with Crippen molar-refractivity contribution in [2.75, 3.05) is 14.2 Å². The van der Waals surface area contributed by atoms with Gasteiger partial charge in [-0.3, -0.25) is 0 Å². The fourth-order valence-electron chi connectivity index (χ4n) is 2.14. The molecule has 0 unspecified atom stereocenters. The Morgan fingerprint density at radius 1 is 1.40 bits per heavy atom. The lowest BCUT2D eigenvalue weighted by molar-refractivity contribution is 0.0600. The van der Waals surface area contributed by atoms with Gasteiger partial charge in [-0.1, -0.05) is 12.2 Å². The fourth-order valence-corrected chi connectivity index (χ4v) is 2.30. The standard InChI is InChI=1S/C15H17NO3S/c1-15(2)8-11(13(20)16-3)10-7-9(14(17)18-4)5-6-12(10)19-15/h5-8H,1-4H3,(H,16,20).